The number of hydrogen-bond donors (Lipinski definition) is 1. The van der Waals surface area contributed by atoms with E-state index in [1.54, 1.807) is 38.3 Å². The number of alkyl halides is 3. The highest BCUT2D eigenvalue weighted by atomic mass is 32.2. The Kier molecular flexibility index (Phi) is 12.9. The number of carbonyl (C=O) groups excluding carboxylic acids is 2. The monoisotopic (exact) mass is 577 g/mol. The molecule has 1 N–H and O–H groups in total. The third kappa shape index (κ3) is 9.21. The van der Waals surface area contributed by atoms with Crippen LogP contribution in [0.15, 0.2) is 34.3 Å². The van der Waals surface area contributed by atoms with Crippen LogP contribution in [-0.4, -0.2) is 69.0 Å². The van der Waals surface area contributed by atoms with Gasteiger partial charge in [0.15, 0.2) is 0 Å². The highest BCUT2D eigenvalue weighted by Crippen LogP contribution is 2.21. The summed E-state index contributed by atoms with van der Waals surface area (Å²) in [5, 5.41) is 15.1. The van der Waals surface area contributed by atoms with E-state index < -0.39 is 54.3 Å². The molecule has 2 rings (SSSR count). The van der Waals surface area contributed by atoms with Crippen molar-refractivity contribution in [1.29, 1.82) is 5.26 Å². The van der Waals surface area contributed by atoms with Gasteiger partial charge < -0.3 is 5.32 Å². The molecule has 38 heavy (non-hydrogen) atoms. The van der Waals surface area contributed by atoms with Crippen LogP contribution >= 0.6 is 0 Å². The van der Waals surface area contributed by atoms with E-state index >= 15 is 0 Å². The summed E-state index contributed by atoms with van der Waals surface area (Å²) in [7, 11) is -3.50. The standard InChI is InChI=1S/C12H15F3N4O2.C11H19NO2SSi.CH4/c1-3-7(2)9(18-11(21)12(13,14)15)10(20)19-8(6-16)4-5-17-19;1-10-6-8-11(9-7-10)15(13,14)12(2)16(3,4)5;/h5,7-9H,3-4H2,1-2H3,(H,18,21);6-9H,1-5H3;1H4/t7-,8?,9+;;/m1../s1. The van der Waals surface area contributed by atoms with E-state index in [0.717, 1.165) is 10.6 Å². The molecule has 0 saturated heterocycles. The molecule has 0 radical (unpaired) electrons. The molecule has 0 aromatic heterocycles. The van der Waals surface area contributed by atoms with Crippen molar-refractivity contribution < 1.29 is 31.2 Å². The zero-order valence-corrected chi connectivity index (χ0v) is 23.8. The van der Waals surface area contributed by atoms with Gasteiger partial charge in [-0.3, -0.25) is 9.59 Å². The quantitative estimate of drug-likeness (QED) is 0.485. The van der Waals surface area contributed by atoms with E-state index in [2.05, 4.69) is 5.10 Å². The molecule has 9 nitrogen and oxygen atoms in total. The Labute approximate surface area is 224 Å². The van der Waals surface area contributed by atoms with E-state index in [1.807, 2.05) is 44.8 Å². The van der Waals surface area contributed by atoms with Crippen LogP contribution in [0.3, 0.4) is 0 Å². The van der Waals surface area contributed by atoms with Crippen LogP contribution in [0.4, 0.5) is 13.2 Å². The Hall–Kier alpha value is -2.76. The summed E-state index contributed by atoms with van der Waals surface area (Å²) in [6.45, 7) is 11.2. The number of aryl methyl sites for hydroxylation is 1. The summed E-state index contributed by atoms with van der Waals surface area (Å²) in [5.74, 6) is -3.53. The van der Waals surface area contributed by atoms with Crippen molar-refractivity contribution in [2.45, 2.75) is 83.8 Å². The lowest BCUT2D eigenvalue weighted by atomic mass is 9.97. The first kappa shape index (κ1) is 35.2. The Morgan fingerprint density at radius 3 is 2.21 bits per heavy atom. The summed E-state index contributed by atoms with van der Waals surface area (Å²) in [6, 6.07) is 6.59. The molecule has 1 aromatic carbocycles. The maximum atomic E-state index is 12.3. The van der Waals surface area contributed by atoms with Crippen LogP contribution in [-0.2, 0) is 19.6 Å². The van der Waals surface area contributed by atoms with Crippen molar-refractivity contribution >= 4 is 36.3 Å². The first-order valence-electron chi connectivity index (χ1n) is 11.6. The van der Waals surface area contributed by atoms with Gasteiger partial charge in [-0.25, -0.2) is 17.4 Å². The molecule has 3 atom stereocenters. The summed E-state index contributed by atoms with van der Waals surface area (Å²) in [4.78, 5) is 23.7. The summed E-state index contributed by atoms with van der Waals surface area (Å²) >= 11 is 0. The molecule has 214 valence electrons. The summed E-state index contributed by atoms with van der Waals surface area (Å²) < 4.78 is 63.1. The van der Waals surface area contributed by atoms with E-state index in [1.165, 1.54) is 10.2 Å². The molecule has 0 bridgehead atoms. The second-order valence-electron chi connectivity index (χ2n) is 9.65. The van der Waals surface area contributed by atoms with Crippen LogP contribution in [0.1, 0.15) is 39.7 Å². The van der Waals surface area contributed by atoms with Gasteiger partial charge in [-0.2, -0.15) is 23.5 Å². The number of carbonyl (C=O) groups is 2. The van der Waals surface area contributed by atoms with Crippen molar-refractivity contribution in [2.24, 2.45) is 11.0 Å². The van der Waals surface area contributed by atoms with Crippen molar-refractivity contribution in [3.8, 4) is 6.07 Å². The first-order chi connectivity index (χ1) is 16.9. The van der Waals surface area contributed by atoms with Gasteiger partial charge in [0.05, 0.1) is 11.0 Å². The van der Waals surface area contributed by atoms with Gasteiger partial charge in [-0.05, 0) is 32.0 Å². The number of amides is 2. The van der Waals surface area contributed by atoms with Crippen LogP contribution in [0, 0.1) is 24.2 Å². The molecule has 1 aromatic rings. The van der Waals surface area contributed by atoms with Gasteiger partial charge in [0.25, 0.3) is 5.91 Å². The first-order valence-corrected chi connectivity index (χ1v) is 16.4. The molecule has 1 unspecified atom stereocenters. The Bertz CT molecular complexity index is 1130. The highest BCUT2D eigenvalue weighted by Gasteiger charge is 2.43. The van der Waals surface area contributed by atoms with Gasteiger partial charge in [0, 0.05) is 12.6 Å². The number of hydrazone groups is 1. The van der Waals surface area contributed by atoms with E-state index in [-0.39, 0.29) is 13.8 Å². The van der Waals surface area contributed by atoms with E-state index in [9.17, 15) is 31.2 Å². The fourth-order valence-electron chi connectivity index (χ4n) is 3.01. The van der Waals surface area contributed by atoms with Gasteiger partial charge in [0.2, 0.25) is 10.0 Å². The predicted molar refractivity (Wildman–Crippen MR) is 143 cm³/mol. The number of nitrogens with one attached hydrogen (secondary N) is 1. The smallest absolute Gasteiger partial charge is 0.336 e. The minimum atomic E-state index is -5.07. The predicted octanol–water partition coefficient (Wildman–Crippen LogP) is 4.28. The van der Waals surface area contributed by atoms with Gasteiger partial charge >= 0.3 is 12.1 Å². The van der Waals surface area contributed by atoms with Crippen molar-refractivity contribution in [1.82, 2.24) is 14.3 Å². The summed E-state index contributed by atoms with van der Waals surface area (Å²) in [5.41, 5.74) is 1.06. The Morgan fingerprint density at radius 1 is 1.26 bits per heavy atom. The van der Waals surface area contributed by atoms with Crippen molar-refractivity contribution in [3.63, 3.8) is 0 Å². The molecular formula is C24H38F3N5O4SSi. The van der Waals surface area contributed by atoms with Crippen molar-refractivity contribution in [3.05, 3.63) is 29.8 Å². The molecule has 1 heterocycles. The topological polar surface area (TPSA) is 123 Å². The van der Waals surface area contributed by atoms with E-state index in [0.29, 0.717) is 11.3 Å². The molecule has 14 heteroatoms. The second kappa shape index (κ2) is 13.9. The third-order valence-electron chi connectivity index (χ3n) is 5.85. The minimum Gasteiger partial charge on any atom is -0.336 e. The van der Waals surface area contributed by atoms with Crippen molar-refractivity contribution in [2.75, 3.05) is 7.05 Å². The highest BCUT2D eigenvalue weighted by molar-refractivity contribution is 7.90. The maximum absolute atomic E-state index is 12.3. The lowest BCUT2D eigenvalue weighted by molar-refractivity contribution is -0.175. The number of nitrogens with zero attached hydrogens (tertiary/aromatic N) is 4. The Balaban J connectivity index is 0.000000726. The lowest BCUT2D eigenvalue weighted by Gasteiger charge is -2.29. The fourth-order valence-corrected chi connectivity index (χ4v) is 7.01. The molecule has 0 fully saturated rings. The normalized spacial score (nSPS) is 17.0. The third-order valence-corrected chi connectivity index (χ3v) is 11.7. The van der Waals surface area contributed by atoms with Gasteiger partial charge in [-0.15, -0.1) is 0 Å². The minimum absolute atomic E-state index is 0. The lowest BCUT2D eigenvalue weighted by Crippen LogP contribution is -2.54. The zero-order chi connectivity index (χ0) is 28.8. The molecule has 1 aliphatic heterocycles. The van der Waals surface area contributed by atoms with Gasteiger partial charge in [0.1, 0.15) is 20.3 Å². The molecule has 0 spiro atoms. The average molecular weight is 578 g/mol. The second-order valence-corrected chi connectivity index (χ2v) is 17.0. The zero-order valence-electron chi connectivity index (χ0n) is 22.0. The van der Waals surface area contributed by atoms with Crippen LogP contribution < -0.4 is 5.32 Å². The van der Waals surface area contributed by atoms with Crippen LogP contribution in [0.25, 0.3) is 0 Å². The molecule has 1 aliphatic rings. The number of halogens is 3. The van der Waals surface area contributed by atoms with Crippen LogP contribution in [0.5, 0.6) is 0 Å². The largest absolute Gasteiger partial charge is 0.471 e. The number of hydrogen-bond acceptors (Lipinski definition) is 6. The van der Waals surface area contributed by atoms with Gasteiger partial charge in [-0.1, -0.05) is 65.0 Å². The number of benzene rings is 1. The fraction of sp³-hybridized carbons (Fsp3) is 0.583. The summed E-state index contributed by atoms with van der Waals surface area (Å²) in [6.07, 6.45) is -3.15. The molecule has 2 amide bonds. The number of sulfonamides is 1. The SMILES string of the molecule is C.CC[C@@H](C)[C@H](NC(=O)C(F)(F)F)C(=O)N1N=CCC1C#N.Cc1ccc(S(=O)(=O)N(C)[Si](C)(C)C)cc1. The maximum Gasteiger partial charge on any atom is 0.471 e. The Morgan fingerprint density at radius 2 is 1.79 bits per heavy atom. The molecule has 0 saturated carbocycles. The number of nitriles is 1. The van der Waals surface area contributed by atoms with E-state index in [4.69, 9.17) is 5.26 Å². The number of rotatable bonds is 7. The average Bonchev–Trinajstić information content (AvgIpc) is 3.29. The molecule has 0 aliphatic carbocycles. The molecular weight excluding hydrogens is 539 g/mol. The van der Waals surface area contributed by atoms with Crippen LogP contribution in [0.2, 0.25) is 19.6 Å².